The van der Waals surface area contributed by atoms with Crippen LogP contribution in [0.5, 0.6) is 0 Å². The number of hydrogen-bond acceptors (Lipinski definition) is 1. The van der Waals surface area contributed by atoms with Gasteiger partial charge in [0.2, 0.25) is 0 Å². The van der Waals surface area contributed by atoms with Crippen molar-refractivity contribution in [1.29, 1.82) is 0 Å². The third-order valence-electron chi connectivity index (χ3n) is 0.500. The summed E-state index contributed by atoms with van der Waals surface area (Å²) in [6, 6.07) is 0. The van der Waals surface area contributed by atoms with E-state index in [1.807, 2.05) is 0 Å². The van der Waals surface area contributed by atoms with E-state index in [9.17, 15) is 0 Å². The molecule has 0 amide bonds. The standard InChI is InChI=1S/C4H11N.Au.3ClH/c1-3-5-4-2;;;;/h5H,3-4H2,1-2H3;;3*1H. The van der Waals surface area contributed by atoms with E-state index in [4.69, 9.17) is 0 Å². The summed E-state index contributed by atoms with van der Waals surface area (Å²) in [6.07, 6.45) is 0. The molecular formula is C4H14AuCl3N. The van der Waals surface area contributed by atoms with Crippen molar-refractivity contribution in [3.05, 3.63) is 0 Å². The minimum absolute atomic E-state index is 0. The summed E-state index contributed by atoms with van der Waals surface area (Å²) in [7, 11) is 0. The van der Waals surface area contributed by atoms with Crippen LogP contribution in [0.3, 0.4) is 0 Å². The molecule has 0 rings (SSSR count). The fraction of sp³-hybridized carbons (Fsp3) is 1.00. The summed E-state index contributed by atoms with van der Waals surface area (Å²) in [5.41, 5.74) is 0. The van der Waals surface area contributed by atoms with Crippen molar-refractivity contribution in [2.24, 2.45) is 0 Å². The third-order valence-corrected chi connectivity index (χ3v) is 0.500. The number of hydrogen-bond donors (Lipinski definition) is 1. The van der Waals surface area contributed by atoms with Gasteiger partial charge in [0, 0.05) is 22.4 Å². The van der Waals surface area contributed by atoms with Crippen molar-refractivity contribution >= 4 is 37.2 Å². The first-order valence-electron chi connectivity index (χ1n) is 2.12. The molecule has 1 N–H and O–H groups in total. The molecule has 1 radical (unpaired) electrons. The first-order valence-corrected chi connectivity index (χ1v) is 2.12. The number of nitrogens with one attached hydrogen (secondary N) is 1. The van der Waals surface area contributed by atoms with Gasteiger partial charge < -0.3 is 5.32 Å². The molecule has 67 valence electrons. The number of rotatable bonds is 2. The average Bonchev–Trinajstić information content (AvgIpc) is 1.41. The van der Waals surface area contributed by atoms with Crippen molar-refractivity contribution in [3.63, 3.8) is 0 Å². The zero-order chi connectivity index (χ0) is 4.12. The van der Waals surface area contributed by atoms with Crippen molar-refractivity contribution < 1.29 is 22.4 Å². The van der Waals surface area contributed by atoms with Gasteiger partial charge in [0.05, 0.1) is 0 Å². The molecule has 0 fully saturated rings. The van der Waals surface area contributed by atoms with Gasteiger partial charge in [-0.05, 0) is 13.1 Å². The zero-order valence-corrected chi connectivity index (χ0v) is 10.1. The second kappa shape index (κ2) is 33.7. The van der Waals surface area contributed by atoms with Gasteiger partial charge in [-0.1, -0.05) is 13.8 Å². The maximum atomic E-state index is 3.11. The van der Waals surface area contributed by atoms with Gasteiger partial charge in [0.1, 0.15) is 0 Å². The molecule has 1 nitrogen and oxygen atoms in total. The molecule has 0 aromatic carbocycles. The van der Waals surface area contributed by atoms with E-state index >= 15 is 0 Å². The quantitative estimate of drug-likeness (QED) is 0.723. The van der Waals surface area contributed by atoms with Crippen molar-refractivity contribution in [3.8, 4) is 0 Å². The summed E-state index contributed by atoms with van der Waals surface area (Å²) in [5.74, 6) is 0. The molecule has 0 saturated heterocycles. The van der Waals surface area contributed by atoms with E-state index in [0.717, 1.165) is 13.1 Å². The van der Waals surface area contributed by atoms with Crippen LogP contribution in [0.15, 0.2) is 0 Å². The molecular weight excluding hydrogens is 365 g/mol. The predicted octanol–water partition coefficient (Wildman–Crippen LogP) is 1.88. The molecule has 0 heterocycles. The Morgan fingerprint density at radius 1 is 0.889 bits per heavy atom. The van der Waals surface area contributed by atoms with Crippen molar-refractivity contribution in [2.45, 2.75) is 13.8 Å². The largest absolute Gasteiger partial charge is 0.317 e. The first kappa shape index (κ1) is 31.2. The van der Waals surface area contributed by atoms with Crippen LogP contribution in [0, 0.1) is 0 Å². The average molecular weight is 379 g/mol. The van der Waals surface area contributed by atoms with Crippen molar-refractivity contribution in [1.82, 2.24) is 5.32 Å². The third kappa shape index (κ3) is 43.0. The SMILES string of the molecule is CCNCC.Cl.Cl.Cl.[Au]. The molecule has 5 heteroatoms. The minimum atomic E-state index is 0. The minimum Gasteiger partial charge on any atom is -0.317 e. The van der Waals surface area contributed by atoms with Gasteiger partial charge in [0.15, 0.2) is 0 Å². The summed E-state index contributed by atoms with van der Waals surface area (Å²) < 4.78 is 0. The van der Waals surface area contributed by atoms with Gasteiger partial charge >= 0.3 is 0 Å². The zero-order valence-electron chi connectivity index (χ0n) is 5.44. The topological polar surface area (TPSA) is 12.0 Å². The second-order valence-electron chi connectivity index (χ2n) is 0.957. The monoisotopic (exact) mass is 378 g/mol. The molecule has 0 aromatic heterocycles. The Kier molecular flexibility index (Phi) is 117. The van der Waals surface area contributed by atoms with Crippen LogP contribution in [0.1, 0.15) is 13.8 Å². The molecule has 9 heavy (non-hydrogen) atoms. The Morgan fingerprint density at radius 3 is 1.11 bits per heavy atom. The molecule has 0 bridgehead atoms. The van der Waals surface area contributed by atoms with E-state index in [1.54, 1.807) is 0 Å². The van der Waals surface area contributed by atoms with Crippen LogP contribution < -0.4 is 5.32 Å². The Labute approximate surface area is 91.5 Å². The van der Waals surface area contributed by atoms with Crippen molar-refractivity contribution in [2.75, 3.05) is 13.1 Å². The molecule has 0 aliphatic rings. The summed E-state index contributed by atoms with van der Waals surface area (Å²) in [5, 5.41) is 3.11. The van der Waals surface area contributed by atoms with Gasteiger partial charge in [0.25, 0.3) is 0 Å². The predicted molar refractivity (Wildman–Crippen MR) is 46.0 cm³/mol. The molecule has 0 aliphatic heterocycles. The van der Waals surface area contributed by atoms with E-state index in [2.05, 4.69) is 19.2 Å². The van der Waals surface area contributed by atoms with Gasteiger partial charge in [-0.2, -0.15) is 0 Å². The van der Waals surface area contributed by atoms with E-state index in [0.29, 0.717) is 0 Å². The van der Waals surface area contributed by atoms with Crippen LogP contribution in [-0.2, 0) is 22.4 Å². The Morgan fingerprint density at radius 2 is 1.11 bits per heavy atom. The summed E-state index contributed by atoms with van der Waals surface area (Å²) in [6.45, 7) is 6.39. The molecule has 0 aromatic rings. The van der Waals surface area contributed by atoms with E-state index in [-0.39, 0.29) is 59.6 Å². The fourth-order valence-corrected chi connectivity index (χ4v) is 0.250. The maximum absolute atomic E-state index is 3.11. The summed E-state index contributed by atoms with van der Waals surface area (Å²) >= 11 is 0. The second-order valence-corrected chi connectivity index (χ2v) is 0.957. The van der Waals surface area contributed by atoms with Crippen LogP contribution in [-0.4, -0.2) is 13.1 Å². The molecule has 0 unspecified atom stereocenters. The van der Waals surface area contributed by atoms with Crippen LogP contribution in [0.25, 0.3) is 0 Å². The summed E-state index contributed by atoms with van der Waals surface area (Å²) in [4.78, 5) is 0. The molecule has 0 aliphatic carbocycles. The Hall–Kier alpha value is 1.57. The molecule has 0 saturated carbocycles. The Balaban J connectivity index is -0.0000000133. The van der Waals surface area contributed by atoms with E-state index < -0.39 is 0 Å². The molecule has 0 spiro atoms. The smallest absolute Gasteiger partial charge is 0 e. The first-order chi connectivity index (χ1) is 2.41. The fourth-order valence-electron chi connectivity index (χ4n) is 0.250. The van der Waals surface area contributed by atoms with E-state index in [1.165, 1.54) is 0 Å². The maximum Gasteiger partial charge on any atom is 0 e. The normalized spacial score (nSPS) is 4.67. The van der Waals surface area contributed by atoms with Crippen LogP contribution >= 0.6 is 37.2 Å². The van der Waals surface area contributed by atoms with Gasteiger partial charge in [-0.25, -0.2) is 0 Å². The van der Waals surface area contributed by atoms with Gasteiger partial charge in [-0.15, -0.1) is 37.2 Å². The van der Waals surface area contributed by atoms with Crippen LogP contribution in [0.2, 0.25) is 0 Å². The number of halogens is 3. The van der Waals surface area contributed by atoms with Crippen LogP contribution in [0.4, 0.5) is 0 Å². The molecule has 0 atom stereocenters. The van der Waals surface area contributed by atoms with Gasteiger partial charge in [-0.3, -0.25) is 0 Å². The Bertz CT molecular complexity index is 23.3.